The van der Waals surface area contributed by atoms with Crippen LogP contribution < -0.4 is 5.32 Å². The summed E-state index contributed by atoms with van der Waals surface area (Å²) in [7, 11) is 0. The van der Waals surface area contributed by atoms with Crippen LogP contribution in [0.4, 0.5) is 0 Å². The van der Waals surface area contributed by atoms with Gasteiger partial charge in [-0.3, -0.25) is 4.79 Å². The van der Waals surface area contributed by atoms with E-state index in [0.29, 0.717) is 29.7 Å². The normalized spacial score (nSPS) is 11.1. The number of amides is 1. The highest BCUT2D eigenvalue weighted by Gasteiger charge is 2.12. The smallest absolute Gasteiger partial charge is 0.244 e. The molecule has 1 heterocycles. The van der Waals surface area contributed by atoms with Crippen molar-refractivity contribution in [3.8, 4) is 0 Å². The number of hydrogen-bond acceptors (Lipinski definition) is 4. The Kier molecular flexibility index (Phi) is 7.75. The van der Waals surface area contributed by atoms with Gasteiger partial charge in [-0.1, -0.05) is 71.4 Å². The minimum Gasteiger partial charge on any atom is -0.345 e. The van der Waals surface area contributed by atoms with Crippen molar-refractivity contribution >= 4 is 46.9 Å². The molecule has 3 aromatic rings. The Bertz CT molecular complexity index is 1020. The van der Waals surface area contributed by atoms with Crippen molar-refractivity contribution < 1.29 is 4.79 Å². The van der Waals surface area contributed by atoms with Crippen LogP contribution in [0.25, 0.3) is 6.08 Å². The van der Waals surface area contributed by atoms with E-state index in [1.54, 1.807) is 23.9 Å². The lowest BCUT2D eigenvalue weighted by atomic mass is 10.2. The maximum Gasteiger partial charge on any atom is 0.244 e. The number of benzene rings is 2. The average molecular weight is 447 g/mol. The maximum atomic E-state index is 12.1. The quantitative estimate of drug-likeness (QED) is 0.380. The molecule has 150 valence electrons. The molecule has 2 aromatic carbocycles. The molecular formula is C21H20Cl2N4OS. The highest BCUT2D eigenvalue weighted by Crippen LogP contribution is 2.26. The van der Waals surface area contributed by atoms with E-state index in [9.17, 15) is 4.79 Å². The zero-order chi connectivity index (χ0) is 20.6. The molecule has 29 heavy (non-hydrogen) atoms. The highest BCUT2D eigenvalue weighted by molar-refractivity contribution is 7.98. The molecule has 0 atom stereocenters. The SMILES string of the molecule is CCn1c(CNC(=O)C=Cc2ccccc2Cl)nnc1SCc1ccccc1Cl. The largest absolute Gasteiger partial charge is 0.345 e. The number of rotatable bonds is 8. The molecular weight excluding hydrogens is 427 g/mol. The third kappa shape index (κ3) is 5.85. The van der Waals surface area contributed by atoms with Crippen LogP contribution in [-0.4, -0.2) is 20.7 Å². The molecule has 0 radical (unpaired) electrons. The number of hydrogen-bond donors (Lipinski definition) is 1. The van der Waals surface area contributed by atoms with Crippen LogP contribution in [0.1, 0.15) is 23.9 Å². The van der Waals surface area contributed by atoms with Crippen molar-refractivity contribution in [2.75, 3.05) is 0 Å². The van der Waals surface area contributed by atoms with Crippen molar-refractivity contribution in [2.45, 2.75) is 30.9 Å². The zero-order valence-corrected chi connectivity index (χ0v) is 18.1. The molecule has 0 unspecified atom stereocenters. The van der Waals surface area contributed by atoms with Crippen LogP contribution in [0.5, 0.6) is 0 Å². The predicted octanol–water partition coefficient (Wildman–Crippen LogP) is 5.23. The second kappa shape index (κ2) is 10.5. The third-order valence-electron chi connectivity index (χ3n) is 4.16. The van der Waals surface area contributed by atoms with Crippen LogP contribution in [0, 0.1) is 0 Å². The standard InChI is InChI=1S/C21H20Cl2N4OS/c1-2-27-19(13-24-20(28)12-11-15-7-3-5-9-17(15)22)25-26-21(27)29-14-16-8-4-6-10-18(16)23/h3-12H,2,13-14H2,1H3,(H,24,28). The second-order valence-electron chi connectivity index (χ2n) is 6.10. The van der Waals surface area contributed by atoms with Gasteiger partial charge in [0.15, 0.2) is 11.0 Å². The summed E-state index contributed by atoms with van der Waals surface area (Å²) in [5.74, 6) is 1.18. The lowest BCUT2D eigenvalue weighted by molar-refractivity contribution is -0.116. The number of thioether (sulfide) groups is 1. The van der Waals surface area contributed by atoms with Crippen molar-refractivity contribution in [2.24, 2.45) is 0 Å². The molecule has 1 amide bonds. The number of aromatic nitrogens is 3. The van der Waals surface area contributed by atoms with E-state index in [-0.39, 0.29) is 5.91 Å². The zero-order valence-electron chi connectivity index (χ0n) is 15.8. The molecule has 0 saturated carbocycles. The molecule has 0 bridgehead atoms. The van der Waals surface area contributed by atoms with Crippen molar-refractivity contribution in [3.63, 3.8) is 0 Å². The van der Waals surface area contributed by atoms with Gasteiger partial charge in [0.05, 0.1) is 6.54 Å². The van der Waals surface area contributed by atoms with Crippen LogP contribution in [-0.2, 0) is 23.6 Å². The molecule has 1 N–H and O–H groups in total. The summed E-state index contributed by atoms with van der Waals surface area (Å²) in [6.45, 7) is 3.02. The first kappa shape index (κ1) is 21.4. The Morgan fingerprint density at radius 1 is 1.10 bits per heavy atom. The summed E-state index contributed by atoms with van der Waals surface area (Å²) in [4.78, 5) is 12.1. The van der Waals surface area contributed by atoms with Gasteiger partial charge in [-0.05, 0) is 36.3 Å². The summed E-state index contributed by atoms with van der Waals surface area (Å²) in [5.41, 5.74) is 1.84. The van der Waals surface area contributed by atoms with Crippen LogP contribution in [0.2, 0.25) is 10.0 Å². The van der Waals surface area contributed by atoms with E-state index in [1.165, 1.54) is 6.08 Å². The molecule has 0 saturated heterocycles. The van der Waals surface area contributed by atoms with Gasteiger partial charge in [0, 0.05) is 28.4 Å². The van der Waals surface area contributed by atoms with Gasteiger partial charge in [-0.2, -0.15) is 0 Å². The molecule has 0 aliphatic rings. The first-order chi connectivity index (χ1) is 14.1. The Hall–Kier alpha value is -2.28. The molecule has 1 aromatic heterocycles. The first-order valence-corrected chi connectivity index (χ1v) is 10.8. The van der Waals surface area contributed by atoms with Gasteiger partial charge < -0.3 is 9.88 Å². The molecule has 0 fully saturated rings. The summed E-state index contributed by atoms with van der Waals surface area (Å²) in [6.07, 6.45) is 3.15. The molecule has 5 nitrogen and oxygen atoms in total. The van der Waals surface area contributed by atoms with Crippen molar-refractivity contribution in [3.05, 3.63) is 81.6 Å². The number of nitrogens with zero attached hydrogens (tertiary/aromatic N) is 3. The molecule has 8 heteroatoms. The molecule has 0 aliphatic carbocycles. The lowest BCUT2D eigenvalue weighted by Crippen LogP contribution is -2.22. The van der Waals surface area contributed by atoms with Gasteiger partial charge in [-0.15, -0.1) is 10.2 Å². The predicted molar refractivity (Wildman–Crippen MR) is 119 cm³/mol. The van der Waals surface area contributed by atoms with Crippen molar-refractivity contribution in [1.82, 2.24) is 20.1 Å². The van der Waals surface area contributed by atoms with E-state index in [2.05, 4.69) is 15.5 Å². The van der Waals surface area contributed by atoms with Gasteiger partial charge in [0.1, 0.15) is 0 Å². The van der Waals surface area contributed by atoms with Crippen molar-refractivity contribution in [1.29, 1.82) is 0 Å². The summed E-state index contributed by atoms with van der Waals surface area (Å²) in [6, 6.07) is 15.1. The number of carbonyl (C=O) groups excluding carboxylic acids is 1. The van der Waals surface area contributed by atoms with Gasteiger partial charge >= 0.3 is 0 Å². The summed E-state index contributed by atoms with van der Waals surface area (Å²) >= 11 is 13.9. The minimum atomic E-state index is -0.221. The number of carbonyl (C=O) groups is 1. The molecule has 0 spiro atoms. The molecule has 0 aliphatic heterocycles. The fourth-order valence-electron chi connectivity index (χ4n) is 2.63. The average Bonchev–Trinajstić information content (AvgIpc) is 3.13. The first-order valence-electron chi connectivity index (χ1n) is 9.07. The Morgan fingerprint density at radius 3 is 2.55 bits per heavy atom. The summed E-state index contributed by atoms with van der Waals surface area (Å²) in [5, 5.41) is 13.5. The summed E-state index contributed by atoms with van der Waals surface area (Å²) < 4.78 is 1.99. The maximum absolute atomic E-state index is 12.1. The van der Waals surface area contributed by atoms with E-state index >= 15 is 0 Å². The topological polar surface area (TPSA) is 59.8 Å². The lowest BCUT2D eigenvalue weighted by Gasteiger charge is -2.08. The van der Waals surface area contributed by atoms with Gasteiger partial charge in [0.25, 0.3) is 0 Å². The Balaban J connectivity index is 1.59. The fourth-order valence-corrected chi connectivity index (χ4v) is 4.14. The second-order valence-corrected chi connectivity index (χ2v) is 7.85. The third-order valence-corrected chi connectivity index (χ3v) is 5.89. The van der Waals surface area contributed by atoms with Crippen LogP contribution in [0.15, 0.2) is 59.8 Å². The van der Waals surface area contributed by atoms with Gasteiger partial charge in [0.2, 0.25) is 5.91 Å². The number of halogens is 2. The molecule has 3 rings (SSSR count). The minimum absolute atomic E-state index is 0.221. The Labute approximate surface area is 184 Å². The Morgan fingerprint density at radius 2 is 1.83 bits per heavy atom. The van der Waals surface area contributed by atoms with Gasteiger partial charge in [-0.25, -0.2) is 0 Å². The van der Waals surface area contributed by atoms with E-state index in [0.717, 1.165) is 21.3 Å². The fraction of sp³-hybridized carbons (Fsp3) is 0.190. The van der Waals surface area contributed by atoms with Crippen LogP contribution in [0.3, 0.4) is 0 Å². The highest BCUT2D eigenvalue weighted by atomic mass is 35.5. The number of nitrogens with one attached hydrogen (secondary N) is 1. The van der Waals surface area contributed by atoms with Crippen LogP contribution >= 0.6 is 35.0 Å². The van der Waals surface area contributed by atoms with E-state index < -0.39 is 0 Å². The van der Waals surface area contributed by atoms with E-state index in [1.807, 2.05) is 54.0 Å². The van der Waals surface area contributed by atoms with E-state index in [4.69, 9.17) is 23.2 Å². The monoisotopic (exact) mass is 446 g/mol.